The summed E-state index contributed by atoms with van der Waals surface area (Å²) in [4.78, 5) is 13.2. The lowest BCUT2D eigenvalue weighted by Gasteiger charge is -2.60. The number of carbonyl (C=O) groups is 1. The fraction of sp³-hybridized carbons (Fsp3) is 0.964. The number of ketones is 1. The zero-order valence-electron chi connectivity index (χ0n) is 20.8. The molecule has 4 aliphatic carbocycles. The van der Waals surface area contributed by atoms with Gasteiger partial charge in [0.15, 0.2) is 6.29 Å². The fourth-order valence-corrected chi connectivity index (χ4v) is 9.28. The molecule has 2 N–H and O–H groups in total. The van der Waals surface area contributed by atoms with E-state index in [1.165, 1.54) is 51.4 Å². The van der Waals surface area contributed by atoms with E-state index >= 15 is 0 Å². The van der Waals surface area contributed by atoms with Crippen molar-refractivity contribution in [3.8, 4) is 0 Å². The van der Waals surface area contributed by atoms with E-state index in [0.29, 0.717) is 29.0 Å². The number of rotatable bonds is 6. The van der Waals surface area contributed by atoms with E-state index < -0.39 is 11.7 Å². The number of aliphatic hydroxyl groups is 2. The van der Waals surface area contributed by atoms with Crippen molar-refractivity contribution in [2.24, 2.45) is 51.8 Å². The van der Waals surface area contributed by atoms with Gasteiger partial charge in [0, 0.05) is 17.8 Å². The smallest absolute Gasteiger partial charge is 0.156 e. The Hall–Kier alpha value is -0.410. The van der Waals surface area contributed by atoms with Gasteiger partial charge in [-0.2, -0.15) is 0 Å². The first kappa shape index (κ1) is 23.7. The predicted octanol–water partition coefficient (Wildman–Crippen LogP) is 6.36. The maximum absolute atomic E-state index is 13.2. The van der Waals surface area contributed by atoms with Crippen molar-refractivity contribution in [1.29, 1.82) is 0 Å². The average Bonchev–Trinajstić information content (AvgIpc) is 3.05. The van der Waals surface area contributed by atoms with Gasteiger partial charge in [0.1, 0.15) is 5.78 Å². The molecule has 0 bridgehead atoms. The van der Waals surface area contributed by atoms with Crippen LogP contribution in [0.4, 0.5) is 0 Å². The number of hydrogen-bond acceptors (Lipinski definition) is 3. The van der Waals surface area contributed by atoms with Crippen molar-refractivity contribution in [2.75, 3.05) is 0 Å². The first-order valence-electron chi connectivity index (χ1n) is 13.4. The Morgan fingerprint density at radius 2 is 1.71 bits per heavy atom. The van der Waals surface area contributed by atoms with Gasteiger partial charge < -0.3 is 10.2 Å². The van der Waals surface area contributed by atoms with Crippen LogP contribution in [0.1, 0.15) is 112 Å². The fourth-order valence-electron chi connectivity index (χ4n) is 9.28. The summed E-state index contributed by atoms with van der Waals surface area (Å²) in [6, 6.07) is 0. The Morgan fingerprint density at radius 3 is 2.42 bits per heavy atom. The topological polar surface area (TPSA) is 57.5 Å². The first-order chi connectivity index (χ1) is 14.5. The minimum absolute atomic E-state index is 0.278. The van der Waals surface area contributed by atoms with E-state index in [4.69, 9.17) is 0 Å². The van der Waals surface area contributed by atoms with Crippen molar-refractivity contribution >= 4 is 5.78 Å². The normalized spacial score (nSPS) is 44.0. The van der Waals surface area contributed by atoms with Crippen LogP contribution in [0.25, 0.3) is 0 Å². The molecule has 4 saturated carbocycles. The summed E-state index contributed by atoms with van der Waals surface area (Å²) >= 11 is 0. The molecule has 4 aliphatic rings. The number of fused-ring (bicyclic) bond motifs is 5. The Kier molecular flexibility index (Phi) is 6.45. The maximum atomic E-state index is 13.2. The summed E-state index contributed by atoms with van der Waals surface area (Å²) in [7, 11) is 0. The Balaban J connectivity index is 1.45. The van der Waals surface area contributed by atoms with Crippen LogP contribution in [-0.4, -0.2) is 22.3 Å². The lowest BCUT2D eigenvalue weighted by Crippen LogP contribution is -2.56. The van der Waals surface area contributed by atoms with Gasteiger partial charge in [-0.05, 0) is 85.4 Å². The quantitative estimate of drug-likeness (QED) is 0.480. The van der Waals surface area contributed by atoms with Crippen LogP contribution >= 0.6 is 0 Å². The summed E-state index contributed by atoms with van der Waals surface area (Å²) in [6.07, 6.45) is 13.1. The van der Waals surface area contributed by atoms with Gasteiger partial charge in [0.05, 0.1) is 0 Å². The summed E-state index contributed by atoms with van der Waals surface area (Å²) in [5, 5.41) is 19.2. The van der Waals surface area contributed by atoms with Crippen LogP contribution in [0.5, 0.6) is 0 Å². The van der Waals surface area contributed by atoms with E-state index in [-0.39, 0.29) is 5.41 Å². The lowest BCUT2D eigenvalue weighted by atomic mass is 9.44. The summed E-state index contributed by atoms with van der Waals surface area (Å²) < 4.78 is 0. The minimum Gasteiger partial charge on any atom is -0.368 e. The third-order valence-electron chi connectivity index (χ3n) is 11.3. The molecule has 0 unspecified atom stereocenters. The van der Waals surface area contributed by atoms with E-state index in [9.17, 15) is 15.0 Å². The van der Waals surface area contributed by atoms with Crippen LogP contribution in [0.15, 0.2) is 0 Å². The SMILES string of the molecule is C[C@H](CCCC(C)(C)C(O)O)[C@H]1CC[C@H]2[C@@H]3CC(=O)[C@H]4CCCC[C@]4(C)[C@H]3CC[C@]12C. The standard InChI is InChI=1S/C28H48O3/c1-18(9-8-14-26(2,3)25(30)31)20-11-12-21-19-17-24(29)23-10-6-7-15-27(23,4)22(19)13-16-28(20,21)5/h18-23,25,30-31H,6-17H2,1-5H3/t18-,19+,20-,21+,22+,23-,27-,28-/m1/s1. The second kappa shape index (κ2) is 8.42. The van der Waals surface area contributed by atoms with E-state index in [2.05, 4.69) is 20.8 Å². The van der Waals surface area contributed by atoms with E-state index in [1.54, 1.807) is 0 Å². The maximum Gasteiger partial charge on any atom is 0.156 e. The van der Waals surface area contributed by atoms with Crippen molar-refractivity contribution < 1.29 is 15.0 Å². The first-order valence-corrected chi connectivity index (χ1v) is 13.4. The van der Waals surface area contributed by atoms with E-state index in [0.717, 1.165) is 43.4 Å². The van der Waals surface area contributed by atoms with Gasteiger partial charge in [0.2, 0.25) is 0 Å². The van der Waals surface area contributed by atoms with Crippen LogP contribution < -0.4 is 0 Å². The van der Waals surface area contributed by atoms with Gasteiger partial charge >= 0.3 is 0 Å². The number of hydrogen-bond donors (Lipinski definition) is 2. The van der Waals surface area contributed by atoms with E-state index in [1.807, 2.05) is 13.8 Å². The minimum atomic E-state index is -1.24. The number of carbonyl (C=O) groups excluding carboxylic acids is 1. The van der Waals surface area contributed by atoms with Crippen molar-refractivity contribution in [3.05, 3.63) is 0 Å². The van der Waals surface area contributed by atoms with Crippen molar-refractivity contribution in [2.45, 2.75) is 118 Å². The molecule has 4 rings (SSSR count). The molecule has 178 valence electrons. The highest BCUT2D eigenvalue weighted by atomic mass is 16.5. The highest BCUT2D eigenvalue weighted by molar-refractivity contribution is 5.83. The summed E-state index contributed by atoms with van der Waals surface area (Å²) in [6.45, 7) is 11.4. The molecule has 0 aliphatic heterocycles. The third-order valence-corrected chi connectivity index (χ3v) is 11.3. The third kappa shape index (κ3) is 3.94. The molecule has 0 radical (unpaired) electrons. The van der Waals surface area contributed by atoms with Gasteiger partial charge in [-0.15, -0.1) is 0 Å². The van der Waals surface area contributed by atoms with Crippen LogP contribution in [0.3, 0.4) is 0 Å². The summed E-state index contributed by atoms with van der Waals surface area (Å²) in [5.74, 6) is 4.53. The largest absolute Gasteiger partial charge is 0.368 e. The zero-order chi connectivity index (χ0) is 22.6. The van der Waals surface area contributed by atoms with Crippen molar-refractivity contribution in [1.82, 2.24) is 0 Å². The Bertz CT molecular complexity index is 669. The molecule has 0 aromatic rings. The molecule has 0 aromatic heterocycles. The van der Waals surface area contributed by atoms with Gasteiger partial charge in [-0.3, -0.25) is 4.79 Å². The zero-order valence-corrected chi connectivity index (χ0v) is 20.8. The molecule has 0 aromatic carbocycles. The molecular formula is C28H48O3. The monoisotopic (exact) mass is 432 g/mol. The van der Waals surface area contributed by atoms with Crippen LogP contribution in [-0.2, 0) is 4.79 Å². The van der Waals surface area contributed by atoms with Crippen molar-refractivity contribution in [3.63, 3.8) is 0 Å². The van der Waals surface area contributed by atoms with Gasteiger partial charge in [0.25, 0.3) is 0 Å². The Morgan fingerprint density at radius 1 is 1.00 bits per heavy atom. The summed E-state index contributed by atoms with van der Waals surface area (Å²) in [5.41, 5.74) is 0.249. The molecule has 0 heterocycles. The molecule has 8 atom stereocenters. The van der Waals surface area contributed by atoms with Gasteiger partial charge in [-0.1, -0.05) is 60.3 Å². The molecule has 0 spiro atoms. The Labute approximate surface area is 190 Å². The molecule has 0 amide bonds. The molecule has 4 fully saturated rings. The van der Waals surface area contributed by atoms with Gasteiger partial charge in [-0.25, -0.2) is 0 Å². The molecule has 0 saturated heterocycles. The number of aliphatic hydroxyl groups excluding tert-OH is 1. The highest BCUT2D eigenvalue weighted by Gasteiger charge is 2.61. The van der Waals surface area contributed by atoms with Crippen LogP contribution in [0, 0.1) is 51.8 Å². The lowest BCUT2D eigenvalue weighted by molar-refractivity contribution is -0.154. The number of Topliss-reactive ketones (excluding diaryl/α,β-unsaturated/α-hetero) is 1. The second-order valence-corrected chi connectivity index (χ2v) is 13.3. The molecule has 3 nitrogen and oxygen atoms in total. The average molecular weight is 433 g/mol. The predicted molar refractivity (Wildman–Crippen MR) is 125 cm³/mol. The molecule has 31 heavy (non-hydrogen) atoms. The van der Waals surface area contributed by atoms with Crippen LogP contribution in [0.2, 0.25) is 0 Å². The molecule has 3 heteroatoms. The second-order valence-electron chi connectivity index (χ2n) is 13.3. The highest BCUT2D eigenvalue weighted by Crippen LogP contribution is 2.67. The molecular weight excluding hydrogens is 384 g/mol.